The predicted octanol–water partition coefficient (Wildman–Crippen LogP) is 7.05. The lowest BCUT2D eigenvalue weighted by Gasteiger charge is -2.25. The lowest BCUT2D eigenvalue weighted by atomic mass is 9.89. The van der Waals surface area contributed by atoms with Gasteiger partial charge in [0.2, 0.25) is 0 Å². The molecule has 1 fully saturated rings. The minimum Gasteiger partial charge on any atom is -0.489 e. The van der Waals surface area contributed by atoms with Crippen LogP contribution >= 0.6 is 23.2 Å². The number of fused-ring (bicyclic) bond motifs is 1. The van der Waals surface area contributed by atoms with Gasteiger partial charge in [0.1, 0.15) is 18.1 Å². The number of rotatable bonds is 11. The molecule has 1 atom stereocenters. The van der Waals surface area contributed by atoms with Gasteiger partial charge >= 0.3 is 5.97 Å². The van der Waals surface area contributed by atoms with Gasteiger partial charge in [-0.15, -0.1) is 5.10 Å². The number of carbonyl (C=O) groups is 1. The van der Waals surface area contributed by atoms with Crippen LogP contribution in [-0.2, 0) is 13.2 Å². The van der Waals surface area contributed by atoms with Gasteiger partial charge in [0.15, 0.2) is 5.82 Å². The zero-order chi connectivity index (χ0) is 29.8. The monoisotopic (exact) mass is 618 g/mol. The molecule has 1 aliphatic carbocycles. The second kappa shape index (κ2) is 13.2. The van der Waals surface area contributed by atoms with Gasteiger partial charge in [-0.1, -0.05) is 78.9 Å². The number of nitrogens with zero attached hydrogens (tertiary/aromatic N) is 4. The number of hydrogen-bond donors (Lipinski definition) is 3. The first-order valence-corrected chi connectivity index (χ1v) is 15.2. The number of carboxylic acid groups (broad SMARTS) is 1. The average Bonchev–Trinajstić information content (AvgIpc) is 3.63. The van der Waals surface area contributed by atoms with E-state index in [0.29, 0.717) is 46.0 Å². The quantitative estimate of drug-likeness (QED) is 0.145. The Kier molecular flexibility index (Phi) is 8.92. The van der Waals surface area contributed by atoms with Gasteiger partial charge in [-0.25, -0.2) is 9.48 Å². The molecule has 9 nitrogen and oxygen atoms in total. The highest BCUT2D eigenvalue weighted by Gasteiger charge is 2.30. The number of hydrogen-bond acceptors (Lipinski definition) is 6. The molecule has 0 amide bonds. The van der Waals surface area contributed by atoms with E-state index in [0.717, 1.165) is 41.6 Å². The van der Waals surface area contributed by atoms with Gasteiger partial charge in [0.05, 0.1) is 12.6 Å². The van der Waals surface area contributed by atoms with Crippen molar-refractivity contribution in [1.29, 1.82) is 0 Å². The molecule has 2 aromatic heterocycles. The summed E-state index contributed by atoms with van der Waals surface area (Å²) in [6, 6.07) is 20.1. The number of ether oxygens (including phenoxy) is 1. The first-order chi connectivity index (χ1) is 21.0. The standard InChI is InChI=1S/C32H32Cl2N6O3/c33-23-12-15-25-27(16-23)36-30(32(41)42)28(25)29(35-17-20-6-2-1-3-7-20)31-37-38-39-40(31)18-21-10-13-24(14-11-21)43-19-22-8-4-5-9-26(22)34/h4-5,8-16,20,29,35-36H,1-3,6-7,17-19H2,(H,41,42). The van der Waals surface area contributed by atoms with Crippen LogP contribution in [0.15, 0.2) is 66.7 Å². The summed E-state index contributed by atoms with van der Waals surface area (Å²) >= 11 is 12.5. The van der Waals surface area contributed by atoms with E-state index in [9.17, 15) is 9.90 Å². The van der Waals surface area contributed by atoms with Crippen molar-refractivity contribution >= 4 is 40.1 Å². The fraction of sp³-hybridized carbons (Fsp3) is 0.312. The number of benzene rings is 3. The molecule has 1 saturated carbocycles. The molecule has 3 N–H and O–H groups in total. The van der Waals surface area contributed by atoms with Crippen LogP contribution < -0.4 is 10.1 Å². The molecule has 11 heteroatoms. The normalized spacial score (nSPS) is 14.7. The lowest BCUT2D eigenvalue weighted by Crippen LogP contribution is -2.32. The number of nitrogens with one attached hydrogen (secondary N) is 2. The highest BCUT2D eigenvalue weighted by molar-refractivity contribution is 6.31. The summed E-state index contributed by atoms with van der Waals surface area (Å²) in [7, 11) is 0. The molecule has 3 aromatic carbocycles. The highest BCUT2D eigenvalue weighted by atomic mass is 35.5. The third-order valence-electron chi connectivity index (χ3n) is 8.06. The Bertz CT molecular complexity index is 1710. The smallest absolute Gasteiger partial charge is 0.352 e. The maximum absolute atomic E-state index is 12.5. The summed E-state index contributed by atoms with van der Waals surface area (Å²) in [5.41, 5.74) is 3.21. The Balaban J connectivity index is 1.28. The molecule has 6 rings (SSSR count). The van der Waals surface area contributed by atoms with Crippen molar-refractivity contribution in [3.63, 3.8) is 0 Å². The number of aromatic amines is 1. The number of tetrazole rings is 1. The summed E-state index contributed by atoms with van der Waals surface area (Å²) in [6.07, 6.45) is 5.96. The van der Waals surface area contributed by atoms with E-state index in [2.05, 4.69) is 25.8 Å². The Morgan fingerprint density at radius 3 is 2.63 bits per heavy atom. The van der Waals surface area contributed by atoms with Gasteiger partial charge < -0.3 is 20.1 Å². The van der Waals surface area contributed by atoms with E-state index in [1.54, 1.807) is 16.8 Å². The van der Waals surface area contributed by atoms with Crippen molar-refractivity contribution in [2.75, 3.05) is 6.54 Å². The van der Waals surface area contributed by atoms with Crippen molar-refractivity contribution in [2.45, 2.75) is 51.3 Å². The fourth-order valence-corrected chi connectivity index (χ4v) is 6.19. The molecule has 0 saturated heterocycles. The SMILES string of the molecule is O=C(O)c1[nH]c2cc(Cl)ccc2c1C(NCC1CCCCC1)c1nnnn1Cc1ccc(OCc2ccccc2Cl)cc1. The highest BCUT2D eigenvalue weighted by Crippen LogP contribution is 2.34. The minimum absolute atomic E-state index is 0.0907. The van der Waals surface area contributed by atoms with E-state index in [1.165, 1.54) is 19.3 Å². The van der Waals surface area contributed by atoms with E-state index in [1.807, 2.05) is 54.6 Å². The molecule has 1 aliphatic rings. The Morgan fingerprint density at radius 1 is 1.07 bits per heavy atom. The molecule has 0 spiro atoms. The van der Waals surface area contributed by atoms with Crippen molar-refractivity contribution in [2.24, 2.45) is 5.92 Å². The number of aromatic nitrogens is 5. The summed E-state index contributed by atoms with van der Waals surface area (Å²) in [5, 5.41) is 28.5. The van der Waals surface area contributed by atoms with Gasteiger partial charge in [-0.2, -0.15) is 0 Å². The van der Waals surface area contributed by atoms with Gasteiger partial charge in [-0.05, 0) is 71.6 Å². The van der Waals surface area contributed by atoms with E-state index in [4.69, 9.17) is 27.9 Å². The molecule has 0 bridgehead atoms. The van der Waals surface area contributed by atoms with Crippen molar-refractivity contribution in [3.8, 4) is 5.75 Å². The molecule has 2 heterocycles. The molecular weight excluding hydrogens is 587 g/mol. The van der Waals surface area contributed by atoms with Gasteiger partial charge in [0.25, 0.3) is 0 Å². The van der Waals surface area contributed by atoms with Crippen LogP contribution in [0.4, 0.5) is 0 Å². The molecular formula is C32H32Cl2N6O3. The third kappa shape index (κ3) is 6.69. The van der Waals surface area contributed by atoms with E-state index in [-0.39, 0.29) is 5.69 Å². The number of halogens is 2. The zero-order valence-corrected chi connectivity index (χ0v) is 25.0. The summed E-state index contributed by atoms with van der Waals surface area (Å²) in [6.45, 7) is 1.49. The van der Waals surface area contributed by atoms with Crippen molar-refractivity contribution in [1.82, 2.24) is 30.5 Å². The molecule has 0 radical (unpaired) electrons. The number of carboxylic acids is 1. The summed E-state index contributed by atoms with van der Waals surface area (Å²) in [4.78, 5) is 15.5. The van der Waals surface area contributed by atoms with Crippen LogP contribution in [-0.4, -0.2) is 42.8 Å². The Morgan fingerprint density at radius 2 is 1.86 bits per heavy atom. The second-order valence-corrected chi connectivity index (χ2v) is 11.8. The maximum Gasteiger partial charge on any atom is 0.352 e. The maximum atomic E-state index is 12.5. The Labute approximate surface area is 259 Å². The Hall–Kier alpha value is -3.92. The summed E-state index contributed by atoms with van der Waals surface area (Å²) in [5.74, 6) is 0.703. The van der Waals surface area contributed by atoms with Gasteiger partial charge in [-0.3, -0.25) is 0 Å². The molecule has 0 aliphatic heterocycles. The average molecular weight is 620 g/mol. The van der Waals surface area contributed by atoms with Crippen LogP contribution in [0.2, 0.25) is 10.0 Å². The van der Waals surface area contributed by atoms with Crippen LogP contribution in [0, 0.1) is 5.92 Å². The van der Waals surface area contributed by atoms with Crippen LogP contribution in [0.5, 0.6) is 5.75 Å². The number of H-pyrrole nitrogens is 1. The van der Waals surface area contributed by atoms with E-state index < -0.39 is 12.0 Å². The van der Waals surface area contributed by atoms with Crippen LogP contribution in [0.3, 0.4) is 0 Å². The van der Waals surface area contributed by atoms with E-state index >= 15 is 0 Å². The molecule has 1 unspecified atom stereocenters. The topological polar surface area (TPSA) is 118 Å². The first-order valence-electron chi connectivity index (χ1n) is 14.5. The van der Waals surface area contributed by atoms with Crippen molar-refractivity contribution < 1.29 is 14.6 Å². The first kappa shape index (κ1) is 29.2. The molecule has 222 valence electrons. The molecule has 5 aromatic rings. The lowest BCUT2D eigenvalue weighted by molar-refractivity contribution is 0.0689. The van der Waals surface area contributed by atoms with Crippen LogP contribution in [0.25, 0.3) is 10.9 Å². The minimum atomic E-state index is -1.06. The van der Waals surface area contributed by atoms with Crippen molar-refractivity contribution in [3.05, 3.63) is 105 Å². The summed E-state index contributed by atoms with van der Waals surface area (Å²) < 4.78 is 7.66. The molecule has 43 heavy (non-hydrogen) atoms. The fourth-order valence-electron chi connectivity index (χ4n) is 5.83. The number of aromatic carboxylic acids is 1. The zero-order valence-electron chi connectivity index (χ0n) is 23.5. The predicted molar refractivity (Wildman–Crippen MR) is 166 cm³/mol. The van der Waals surface area contributed by atoms with Gasteiger partial charge in [0, 0.05) is 32.1 Å². The third-order valence-corrected chi connectivity index (χ3v) is 8.67. The largest absolute Gasteiger partial charge is 0.489 e. The van der Waals surface area contributed by atoms with Crippen LogP contribution in [0.1, 0.15) is 71.1 Å². The second-order valence-electron chi connectivity index (χ2n) is 11.0.